The van der Waals surface area contributed by atoms with Gasteiger partial charge in [0.1, 0.15) is 5.54 Å². The van der Waals surface area contributed by atoms with E-state index in [1.54, 1.807) is 17.8 Å². The highest BCUT2D eigenvalue weighted by Gasteiger charge is 2.48. The first-order chi connectivity index (χ1) is 12.6. The van der Waals surface area contributed by atoms with E-state index in [0.29, 0.717) is 0 Å². The Bertz CT molecular complexity index is 936. The van der Waals surface area contributed by atoms with Crippen LogP contribution in [0.15, 0.2) is 73.1 Å². The second-order valence-electron chi connectivity index (χ2n) is 6.43. The predicted molar refractivity (Wildman–Crippen MR) is 96.4 cm³/mol. The van der Waals surface area contributed by atoms with Crippen LogP contribution in [0.2, 0.25) is 0 Å². The summed E-state index contributed by atoms with van der Waals surface area (Å²) in [6.45, 7) is 1.97. The van der Waals surface area contributed by atoms with Crippen LogP contribution < -0.4 is 5.32 Å². The van der Waals surface area contributed by atoms with Crippen LogP contribution in [-0.4, -0.2) is 26.6 Å². The summed E-state index contributed by atoms with van der Waals surface area (Å²) in [4.78, 5) is 26.6. The zero-order chi connectivity index (χ0) is 18.1. The summed E-state index contributed by atoms with van der Waals surface area (Å²) in [6.07, 6.45) is 3.57. The summed E-state index contributed by atoms with van der Waals surface area (Å²) in [7, 11) is 0. The molecule has 0 aliphatic carbocycles. The van der Waals surface area contributed by atoms with E-state index in [4.69, 9.17) is 0 Å². The third-order valence-electron chi connectivity index (χ3n) is 4.67. The van der Waals surface area contributed by atoms with Crippen LogP contribution in [0, 0.1) is 0 Å². The smallest absolute Gasteiger partial charge is 0.319 e. The Morgan fingerprint density at radius 1 is 1.00 bits per heavy atom. The zero-order valence-electron chi connectivity index (χ0n) is 14.3. The summed E-state index contributed by atoms with van der Waals surface area (Å²) in [5.74, 6) is -0.246. The first kappa shape index (κ1) is 16.1. The minimum absolute atomic E-state index is 0.229. The number of benzene rings is 2. The fourth-order valence-corrected chi connectivity index (χ4v) is 3.17. The molecule has 1 aromatic heterocycles. The molecule has 1 saturated heterocycles. The molecule has 1 aliphatic rings. The van der Waals surface area contributed by atoms with E-state index in [2.05, 4.69) is 10.4 Å². The fourth-order valence-electron chi connectivity index (χ4n) is 3.17. The molecule has 26 heavy (non-hydrogen) atoms. The molecule has 130 valence electrons. The SMILES string of the molecule is C[C@@]1(c2ccccc2)NC(=O)N(Cc2ccc(-n3cccn3)cc2)C1=O. The van der Waals surface area contributed by atoms with Crippen molar-refractivity contribution in [3.63, 3.8) is 0 Å². The van der Waals surface area contributed by atoms with E-state index in [9.17, 15) is 9.59 Å². The van der Waals surface area contributed by atoms with Crippen molar-refractivity contribution in [1.82, 2.24) is 20.0 Å². The predicted octanol–water partition coefficient (Wildman–Crippen LogP) is 2.84. The normalized spacial score (nSPS) is 19.7. The Hall–Kier alpha value is -3.41. The molecular weight excluding hydrogens is 328 g/mol. The van der Waals surface area contributed by atoms with Crippen molar-refractivity contribution in [3.8, 4) is 5.69 Å². The number of hydrogen-bond donors (Lipinski definition) is 1. The van der Waals surface area contributed by atoms with Gasteiger partial charge in [-0.2, -0.15) is 5.10 Å². The highest BCUT2D eigenvalue weighted by Crippen LogP contribution is 2.29. The van der Waals surface area contributed by atoms with Gasteiger partial charge in [-0.3, -0.25) is 9.69 Å². The molecule has 2 heterocycles. The van der Waals surface area contributed by atoms with Crippen molar-refractivity contribution >= 4 is 11.9 Å². The monoisotopic (exact) mass is 346 g/mol. The molecule has 6 nitrogen and oxygen atoms in total. The van der Waals surface area contributed by atoms with Gasteiger partial charge < -0.3 is 5.32 Å². The molecule has 3 aromatic rings. The quantitative estimate of drug-likeness (QED) is 0.739. The van der Waals surface area contributed by atoms with Crippen LogP contribution in [-0.2, 0) is 16.9 Å². The molecule has 0 radical (unpaired) electrons. The molecule has 1 aliphatic heterocycles. The van der Waals surface area contributed by atoms with E-state index in [-0.39, 0.29) is 18.5 Å². The molecule has 0 saturated carbocycles. The topological polar surface area (TPSA) is 67.2 Å². The number of nitrogens with zero attached hydrogens (tertiary/aromatic N) is 3. The lowest BCUT2D eigenvalue weighted by atomic mass is 9.92. The largest absolute Gasteiger partial charge is 0.325 e. The van der Waals surface area contributed by atoms with Crippen molar-refractivity contribution in [2.45, 2.75) is 19.0 Å². The summed E-state index contributed by atoms with van der Waals surface area (Å²) in [6, 6.07) is 18.4. The lowest BCUT2D eigenvalue weighted by Crippen LogP contribution is -2.40. The molecule has 1 fully saturated rings. The van der Waals surface area contributed by atoms with Gasteiger partial charge >= 0.3 is 6.03 Å². The second kappa shape index (κ2) is 6.15. The third-order valence-corrected chi connectivity index (χ3v) is 4.67. The molecule has 1 atom stereocenters. The molecule has 3 amide bonds. The average Bonchev–Trinajstić information content (AvgIpc) is 3.27. The van der Waals surface area contributed by atoms with Gasteiger partial charge in [-0.25, -0.2) is 9.48 Å². The van der Waals surface area contributed by atoms with E-state index in [0.717, 1.165) is 16.8 Å². The summed E-state index contributed by atoms with van der Waals surface area (Å²) in [5, 5.41) is 7.01. The number of carbonyl (C=O) groups is 2. The van der Waals surface area contributed by atoms with Crippen molar-refractivity contribution in [2.75, 3.05) is 0 Å². The minimum Gasteiger partial charge on any atom is -0.319 e. The summed E-state index contributed by atoms with van der Waals surface area (Å²) < 4.78 is 1.75. The number of aromatic nitrogens is 2. The van der Waals surface area contributed by atoms with E-state index in [1.807, 2.05) is 66.9 Å². The maximum atomic E-state index is 12.9. The molecular formula is C20H18N4O2. The molecule has 0 bridgehead atoms. The van der Waals surface area contributed by atoms with E-state index < -0.39 is 5.54 Å². The first-order valence-corrected chi connectivity index (χ1v) is 8.36. The average molecular weight is 346 g/mol. The van der Waals surface area contributed by atoms with Crippen molar-refractivity contribution in [1.29, 1.82) is 0 Å². The number of hydrogen-bond acceptors (Lipinski definition) is 3. The van der Waals surface area contributed by atoms with Gasteiger partial charge in [0.2, 0.25) is 0 Å². The van der Waals surface area contributed by atoms with Gasteiger partial charge in [0.25, 0.3) is 5.91 Å². The van der Waals surface area contributed by atoms with Crippen LogP contribution in [0.5, 0.6) is 0 Å². The standard InChI is InChI=1S/C20H18N4O2/c1-20(16-6-3-2-4-7-16)18(25)23(19(26)22-20)14-15-8-10-17(11-9-15)24-13-5-12-21-24/h2-13H,14H2,1H3,(H,22,26)/t20-/m0/s1. The maximum absolute atomic E-state index is 12.9. The van der Waals surface area contributed by atoms with Crippen molar-refractivity contribution in [3.05, 3.63) is 84.2 Å². The van der Waals surface area contributed by atoms with Crippen LogP contribution in [0.3, 0.4) is 0 Å². The van der Waals surface area contributed by atoms with Gasteiger partial charge in [-0.15, -0.1) is 0 Å². The van der Waals surface area contributed by atoms with E-state index >= 15 is 0 Å². The first-order valence-electron chi connectivity index (χ1n) is 8.36. The Kier molecular flexibility index (Phi) is 3.80. The van der Waals surface area contributed by atoms with Crippen molar-refractivity contribution in [2.24, 2.45) is 0 Å². The Morgan fingerprint density at radius 2 is 1.73 bits per heavy atom. The lowest BCUT2D eigenvalue weighted by Gasteiger charge is -2.22. The van der Waals surface area contributed by atoms with Gasteiger partial charge in [-0.05, 0) is 36.2 Å². The van der Waals surface area contributed by atoms with Crippen LogP contribution in [0.1, 0.15) is 18.1 Å². The summed E-state index contributed by atoms with van der Waals surface area (Å²) >= 11 is 0. The molecule has 6 heteroatoms. The molecule has 1 N–H and O–H groups in total. The number of rotatable bonds is 4. The number of imide groups is 1. The van der Waals surface area contributed by atoms with Crippen molar-refractivity contribution < 1.29 is 9.59 Å². The van der Waals surface area contributed by atoms with Gasteiger partial charge in [0, 0.05) is 12.4 Å². The molecule has 4 rings (SSSR count). The van der Waals surface area contributed by atoms with Gasteiger partial charge in [0.15, 0.2) is 0 Å². The molecule has 0 unspecified atom stereocenters. The van der Waals surface area contributed by atoms with Gasteiger partial charge in [-0.1, -0.05) is 42.5 Å². The van der Waals surface area contributed by atoms with E-state index in [1.165, 1.54) is 4.90 Å². The highest BCUT2D eigenvalue weighted by atomic mass is 16.2. The Balaban J connectivity index is 1.55. The second-order valence-corrected chi connectivity index (χ2v) is 6.43. The Morgan fingerprint density at radius 3 is 2.38 bits per heavy atom. The number of urea groups is 1. The number of amides is 3. The maximum Gasteiger partial charge on any atom is 0.325 e. The van der Waals surface area contributed by atoms with Crippen LogP contribution >= 0.6 is 0 Å². The molecule has 2 aromatic carbocycles. The molecule has 0 spiro atoms. The lowest BCUT2D eigenvalue weighted by molar-refractivity contribution is -0.131. The van der Waals surface area contributed by atoms with Crippen LogP contribution in [0.25, 0.3) is 5.69 Å². The number of carbonyl (C=O) groups excluding carboxylic acids is 2. The zero-order valence-corrected chi connectivity index (χ0v) is 14.3. The number of nitrogens with one attached hydrogen (secondary N) is 1. The third kappa shape index (κ3) is 2.65. The van der Waals surface area contributed by atoms with Crippen LogP contribution in [0.4, 0.5) is 4.79 Å². The fraction of sp³-hybridized carbons (Fsp3) is 0.150. The summed E-state index contributed by atoms with van der Waals surface area (Å²) in [5.41, 5.74) is 1.54. The highest BCUT2D eigenvalue weighted by molar-refractivity contribution is 6.07. The van der Waals surface area contributed by atoms with Gasteiger partial charge in [0.05, 0.1) is 12.2 Å². The Labute approximate surface area is 151 Å². The minimum atomic E-state index is -1.03.